The van der Waals surface area contributed by atoms with E-state index >= 15 is 0 Å². The minimum Gasteiger partial charge on any atom is -0.392 e. The van der Waals surface area contributed by atoms with Crippen molar-refractivity contribution in [2.45, 2.75) is 58.0 Å². The molecule has 24 nitrogen and oxygen atoms in total. The Kier molecular flexibility index (Phi) is 18.5. The number of carbonyl (C=O) groups excluding carboxylic acids is 5. The third-order valence-electron chi connectivity index (χ3n) is 17.3. The number of ether oxygens (including phenoxy) is 2. The van der Waals surface area contributed by atoms with E-state index in [0.717, 1.165) is 26.9 Å². The average Bonchev–Trinajstić information content (AvgIpc) is 0.773. The first-order valence-electron chi connectivity index (χ1n) is 30.6. The highest BCUT2D eigenvalue weighted by Crippen LogP contribution is 2.38. The molecule has 478 valence electrons. The third kappa shape index (κ3) is 13.1. The van der Waals surface area contributed by atoms with Crippen molar-refractivity contribution in [1.82, 2.24) is 39.3 Å². The second kappa shape index (κ2) is 27.0. The maximum Gasteiger partial charge on any atom is 0.290 e. The highest BCUT2D eigenvalue weighted by molar-refractivity contribution is 6.11. The van der Waals surface area contributed by atoms with Gasteiger partial charge in [-0.25, -0.2) is 19.3 Å². The number of carbonyl (C=O) groups is 5. The lowest BCUT2D eigenvalue weighted by Crippen LogP contribution is -2.40. The van der Waals surface area contributed by atoms with Gasteiger partial charge in [-0.2, -0.15) is 20.7 Å². The van der Waals surface area contributed by atoms with Gasteiger partial charge in [0.15, 0.2) is 6.29 Å². The molecule has 4 aromatic carbocycles. The van der Waals surface area contributed by atoms with E-state index < -0.39 is 21.9 Å². The Hall–Kier alpha value is -11.1. The molecule has 4 amide bonds. The molecule has 2 saturated heterocycles. The Morgan fingerprint density at radius 1 is 0.574 bits per heavy atom. The van der Waals surface area contributed by atoms with Gasteiger partial charge in [0.1, 0.15) is 23.0 Å². The number of hydrogen-bond acceptors (Lipinski definition) is 18. The number of benzene rings is 4. The summed E-state index contributed by atoms with van der Waals surface area (Å²) in [6, 6.07) is 35.8. The van der Waals surface area contributed by atoms with Crippen LogP contribution in [0, 0.1) is 22.7 Å². The van der Waals surface area contributed by atoms with Gasteiger partial charge in [-0.1, -0.05) is 48.5 Å². The van der Waals surface area contributed by atoms with Crippen LogP contribution < -0.4 is 31.6 Å². The van der Waals surface area contributed by atoms with Crippen molar-refractivity contribution < 1.29 is 38.6 Å². The normalized spacial score (nSPS) is 14.8. The number of morpholine rings is 2. The van der Waals surface area contributed by atoms with E-state index in [1.54, 1.807) is 105 Å². The number of pyridine rings is 2. The van der Waals surface area contributed by atoms with Gasteiger partial charge >= 0.3 is 0 Å². The van der Waals surface area contributed by atoms with Crippen molar-refractivity contribution in [3.63, 3.8) is 0 Å². The van der Waals surface area contributed by atoms with Gasteiger partial charge in [0.05, 0.1) is 89.9 Å². The van der Waals surface area contributed by atoms with Crippen molar-refractivity contribution in [3.8, 4) is 34.7 Å². The van der Waals surface area contributed by atoms with Crippen LogP contribution >= 0.6 is 0 Å². The zero-order chi connectivity index (χ0) is 66.6. The molecular weight excluding hydrogens is 1200 g/mol. The minimum atomic E-state index is -0.688. The van der Waals surface area contributed by atoms with Gasteiger partial charge < -0.3 is 44.8 Å². The number of nitrogens with zero attached hydrogens (tertiary/aromatic N) is 12. The van der Waals surface area contributed by atoms with Crippen LogP contribution in [0.2, 0.25) is 0 Å². The van der Waals surface area contributed by atoms with Crippen molar-refractivity contribution in [3.05, 3.63) is 198 Å². The summed E-state index contributed by atoms with van der Waals surface area (Å²) < 4.78 is 13.0. The quantitative estimate of drug-likeness (QED) is 0.0891. The molecule has 8 aromatic rings. The van der Waals surface area contributed by atoms with Crippen molar-refractivity contribution in [1.29, 1.82) is 10.5 Å². The fraction of sp³-hybridized carbons (Fsp3) is 0.300. The van der Waals surface area contributed by atoms with E-state index in [4.69, 9.17) is 9.47 Å². The second-order valence-corrected chi connectivity index (χ2v) is 24.1. The largest absolute Gasteiger partial charge is 0.392 e. The van der Waals surface area contributed by atoms with Gasteiger partial charge in [0.2, 0.25) is 0 Å². The number of hydrogen-bond donors (Lipinski definition) is 3. The number of aliphatic hydroxyl groups is 1. The van der Waals surface area contributed by atoms with Crippen LogP contribution in [-0.2, 0) is 53.8 Å². The van der Waals surface area contributed by atoms with Gasteiger partial charge in [0, 0.05) is 99.1 Å². The highest BCUT2D eigenvalue weighted by Gasteiger charge is 2.33. The maximum absolute atomic E-state index is 13.7. The van der Waals surface area contributed by atoms with Crippen LogP contribution in [0.5, 0.6) is 0 Å². The smallest absolute Gasteiger partial charge is 0.290 e. The molecule has 0 radical (unpaired) electrons. The van der Waals surface area contributed by atoms with Crippen molar-refractivity contribution >= 4 is 64.3 Å². The molecule has 12 rings (SSSR count). The summed E-state index contributed by atoms with van der Waals surface area (Å²) in [6.07, 6.45) is 4.76. The standard InChI is InChI=1S/C35H35N7O5.C35H33N7O5/c2*1-35(2,21-36)24-8-9-25-22(17-24)11-12-42(33(25)45)30-6-4-5-26(27(30)20-43)28-18-29(34(46)40(3)39-28)38-31-10-7-23(19-37-31)32(44)41-13-15-47-16-14-41/h4-10,17-19,43H,11-16,20H2,1-3H3,(H,37,38);4-10,17-20H,11-16H2,1-3H3,(H,37,38). The Labute approximate surface area is 541 Å². The summed E-state index contributed by atoms with van der Waals surface area (Å²) in [7, 11) is 3.04. The summed E-state index contributed by atoms with van der Waals surface area (Å²) in [6.45, 7) is 11.8. The molecule has 4 aromatic heterocycles. The Morgan fingerprint density at radius 2 is 1.01 bits per heavy atom. The van der Waals surface area contributed by atoms with E-state index in [-0.39, 0.29) is 47.2 Å². The lowest BCUT2D eigenvalue weighted by Gasteiger charge is -2.31. The van der Waals surface area contributed by atoms with Gasteiger partial charge in [-0.3, -0.25) is 33.6 Å². The molecule has 0 spiro atoms. The molecule has 0 saturated carbocycles. The molecule has 8 heterocycles. The van der Waals surface area contributed by atoms with E-state index in [9.17, 15) is 49.2 Å². The third-order valence-corrected chi connectivity index (χ3v) is 17.3. The molecule has 4 aliphatic rings. The van der Waals surface area contributed by atoms with E-state index in [0.29, 0.717) is 158 Å². The van der Waals surface area contributed by atoms with Crippen LogP contribution in [0.25, 0.3) is 22.5 Å². The predicted molar refractivity (Wildman–Crippen MR) is 351 cm³/mol. The molecule has 0 aliphatic carbocycles. The summed E-state index contributed by atoms with van der Waals surface area (Å²) in [5.74, 6) is 0.00390. The SMILES string of the molecule is Cn1nc(-c2cccc(N3CCc4cc(C(C)(C)C#N)ccc4C3=O)c2C=O)cc(Nc2ccc(C(=O)N3CCOCC3)cn2)c1=O.Cn1nc(-c2cccc(N3CCc4cc(C(C)(C)C#N)ccc4C3=O)c2CO)cc(Nc2ccc(C(=O)N3CCOCC3)cn2)c1=O. The number of aldehydes is 1. The molecule has 2 fully saturated rings. The summed E-state index contributed by atoms with van der Waals surface area (Å²) >= 11 is 0. The molecule has 0 bridgehead atoms. The van der Waals surface area contributed by atoms with Crippen LogP contribution in [0.3, 0.4) is 0 Å². The number of amides is 4. The Balaban J connectivity index is 0.000000192. The lowest BCUT2D eigenvalue weighted by atomic mass is 9.83. The van der Waals surface area contributed by atoms with Crippen LogP contribution in [0.15, 0.2) is 131 Å². The fourth-order valence-corrected chi connectivity index (χ4v) is 11.7. The van der Waals surface area contributed by atoms with Gasteiger partial charge in [-0.15, -0.1) is 0 Å². The number of aryl methyl sites for hydroxylation is 2. The summed E-state index contributed by atoms with van der Waals surface area (Å²) in [5, 5.41) is 44.7. The molecule has 0 unspecified atom stereocenters. The van der Waals surface area contributed by atoms with Crippen molar-refractivity contribution in [2.24, 2.45) is 14.1 Å². The number of nitrogens with one attached hydrogen (secondary N) is 2. The molecule has 4 aliphatic heterocycles. The fourth-order valence-electron chi connectivity index (χ4n) is 11.7. The van der Waals surface area contributed by atoms with Gasteiger partial charge in [0.25, 0.3) is 34.7 Å². The first-order chi connectivity index (χ1) is 45.2. The summed E-state index contributed by atoms with van der Waals surface area (Å²) in [5.41, 5.74) is 7.06. The second-order valence-electron chi connectivity index (χ2n) is 24.1. The first-order valence-corrected chi connectivity index (χ1v) is 30.6. The van der Waals surface area contributed by atoms with E-state index in [1.165, 1.54) is 37.2 Å². The van der Waals surface area contributed by atoms with E-state index in [2.05, 4.69) is 42.9 Å². The zero-order valence-corrected chi connectivity index (χ0v) is 52.8. The minimum absolute atomic E-state index is 0.130. The lowest BCUT2D eigenvalue weighted by molar-refractivity contribution is 0.0301. The number of anilines is 6. The van der Waals surface area contributed by atoms with Crippen LogP contribution in [0.4, 0.5) is 34.4 Å². The number of fused-ring (bicyclic) bond motifs is 2. The predicted octanol–water partition coefficient (Wildman–Crippen LogP) is 7.43. The first kappa shape index (κ1) is 64.5. The topological polar surface area (TPSA) is 304 Å². The number of nitriles is 2. The zero-order valence-electron chi connectivity index (χ0n) is 52.8. The van der Waals surface area contributed by atoms with Crippen LogP contribution in [0.1, 0.15) is 107 Å². The monoisotopic (exact) mass is 1260 g/mol. The molecule has 0 atom stereocenters. The molecular formula is C70H68N14O10. The maximum atomic E-state index is 13.7. The molecule has 24 heteroatoms. The Bertz CT molecular complexity index is 4520. The Morgan fingerprint density at radius 3 is 1.44 bits per heavy atom. The van der Waals surface area contributed by atoms with Gasteiger partial charge in [-0.05, 0) is 123 Å². The number of aromatic nitrogens is 6. The highest BCUT2D eigenvalue weighted by atomic mass is 16.5. The number of aliphatic hydroxyl groups excluding tert-OH is 1. The molecule has 94 heavy (non-hydrogen) atoms. The molecule has 3 N–H and O–H groups in total. The number of rotatable bonds is 14. The van der Waals surface area contributed by atoms with Crippen molar-refractivity contribution in [2.75, 3.05) is 86.1 Å². The van der Waals surface area contributed by atoms with E-state index in [1.807, 2.05) is 45.9 Å². The van der Waals surface area contributed by atoms with Crippen LogP contribution in [-0.4, -0.2) is 140 Å². The summed E-state index contributed by atoms with van der Waals surface area (Å²) in [4.78, 5) is 107. The average molecular weight is 1270 g/mol.